The van der Waals surface area contributed by atoms with E-state index in [0.717, 1.165) is 5.56 Å². The molecule has 4 N–H and O–H groups in total. The van der Waals surface area contributed by atoms with Gasteiger partial charge in [-0.15, -0.1) is 6.58 Å². The van der Waals surface area contributed by atoms with Gasteiger partial charge in [-0.3, -0.25) is 4.79 Å². The van der Waals surface area contributed by atoms with Crippen LogP contribution in [-0.4, -0.2) is 10.9 Å². The number of pyridine rings is 1. The van der Waals surface area contributed by atoms with Gasteiger partial charge in [-0.05, 0) is 18.1 Å². The van der Waals surface area contributed by atoms with Crippen molar-refractivity contribution in [2.45, 2.75) is 6.42 Å². The van der Waals surface area contributed by atoms with Crippen molar-refractivity contribution in [3.8, 4) is 0 Å². The Bertz CT molecular complexity index is 347. The minimum Gasteiger partial charge on any atom is -0.383 e. The van der Waals surface area contributed by atoms with E-state index < -0.39 is 5.91 Å². The first-order valence-corrected chi connectivity index (χ1v) is 3.80. The fraction of sp³-hybridized carbons (Fsp3) is 0.111. The zero-order valence-corrected chi connectivity index (χ0v) is 7.16. The minimum absolute atomic E-state index is 0.167. The fourth-order valence-electron chi connectivity index (χ4n) is 0.994. The number of hydrogen-bond acceptors (Lipinski definition) is 3. The largest absolute Gasteiger partial charge is 0.383 e. The highest BCUT2D eigenvalue weighted by Crippen LogP contribution is 2.10. The molecule has 0 aliphatic heterocycles. The molecular formula is C9H11N3O. The highest BCUT2D eigenvalue weighted by molar-refractivity contribution is 5.97. The van der Waals surface area contributed by atoms with E-state index in [1.54, 1.807) is 18.3 Å². The quantitative estimate of drug-likeness (QED) is 0.659. The smallest absolute Gasteiger partial charge is 0.252 e. The van der Waals surface area contributed by atoms with Crippen LogP contribution in [0.3, 0.4) is 0 Å². The third-order valence-corrected chi connectivity index (χ3v) is 1.62. The predicted octanol–water partition coefficient (Wildman–Crippen LogP) is 0.491. The number of allylic oxidation sites excluding steroid dienone is 1. The van der Waals surface area contributed by atoms with Crippen molar-refractivity contribution in [2.75, 3.05) is 5.73 Å². The number of hydrogen-bond donors (Lipinski definition) is 2. The molecule has 1 amide bonds. The number of rotatable bonds is 3. The Kier molecular flexibility index (Phi) is 2.64. The molecule has 1 aromatic rings. The third-order valence-electron chi connectivity index (χ3n) is 1.62. The van der Waals surface area contributed by atoms with Crippen LogP contribution in [0.2, 0.25) is 0 Å². The Morgan fingerprint density at radius 1 is 1.69 bits per heavy atom. The molecule has 0 aliphatic carbocycles. The highest BCUT2D eigenvalue weighted by Gasteiger charge is 2.06. The second kappa shape index (κ2) is 3.71. The average molecular weight is 177 g/mol. The number of primary amides is 1. The molecule has 0 spiro atoms. The molecule has 4 nitrogen and oxygen atoms in total. The number of carbonyl (C=O) groups is 1. The summed E-state index contributed by atoms with van der Waals surface area (Å²) in [5.41, 5.74) is 11.7. The first-order chi connectivity index (χ1) is 6.15. The Morgan fingerprint density at radius 2 is 2.38 bits per heavy atom. The van der Waals surface area contributed by atoms with Gasteiger partial charge < -0.3 is 11.5 Å². The van der Waals surface area contributed by atoms with Crippen LogP contribution in [0.15, 0.2) is 24.9 Å². The lowest BCUT2D eigenvalue weighted by atomic mass is 10.1. The summed E-state index contributed by atoms with van der Waals surface area (Å²) >= 11 is 0. The van der Waals surface area contributed by atoms with Crippen molar-refractivity contribution in [1.29, 1.82) is 0 Å². The molecule has 1 rings (SSSR count). The minimum atomic E-state index is -0.559. The summed E-state index contributed by atoms with van der Waals surface area (Å²) in [6, 6.07) is 1.63. The van der Waals surface area contributed by atoms with Crippen molar-refractivity contribution in [2.24, 2.45) is 5.73 Å². The molecular weight excluding hydrogens is 166 g/mol. The number of nitrogens with two attached hydrogens (primary N) is 2. The van der Waals surface area contributed by atoms with Crippen LogP contribution < -0.4 is 11.5 Å². The lowest BCUT2D eigenvalue weighted by Crippen LogP contribution is -2.14. The van der Waals surface area contributed by atoms with Crippen molar-refractivity contribution in [3.63, 3.8) is 0 Å². The Labute approximate surface area is 76.3 Å². The number of nitrogen functional groups attached to an aromatic ring is 1. The molecule has 13 heavy (non-hydrogen) atoms. The number of carbonyl (C=O) groups excluding carboxylic acids is 1. The summed E-state index contributed by atoms with van der Waals surface area (Å²) in [6.07, 6.45) is 3.97. The molecule has 4 heteroatoms. The van der Waals surface area contributed by atoms with Crippen molar-refractivity contribution in [3.05, 3.63) is 36.0 Å². The molecule has 0 saturated carbocycles. The number of anilines is 1. The molecule has 0 radical (unpaired) electrons. The first kappa shape index (κ1) is 9.25. The van der Waals surface area contributed by atoms with Crippen molar-refractivity contribution < 1.29 is 4.79 Å². The van der Waals surface area contributed by atoms with E-state index in [9.17, 15) is 4.79 Å². The maximum Gasteiger partial charge on any atom is 0.252 e. The second-order valence-corrected chi connectivity index (χ2v) is 2.63. The van der Waals surface area contributed by atoms with E-state index in [1.165, 1.54) is 0 Å². The SMILES string of the molecule is C=CCc1cnc(N)c(C(N)=O)c1. The standard InChI is InChI=1S/C9H11N3O/c1-2-3-6-4-7(9(11)13)8(10)12-5-6/h2,4-5H,1,3H2,(H2,10,12)(H2,11,13). The summed E-state index contributed by atoms with van der Waals surface area (Å²) in [5.74, 6) is -0.392. The highest BCUT2D eigenvalue weighted by atomic mass is 16.1. The van der Waals surface area contributed by atoms with Crippen LogP contribution in [0, 0.1) is 0 Å². The number of amides is 1. The molecule has 0 aliphatic rings. The van der Waals surface area contributed by atoms with Gasteiger partial charge in [-0.1, -0.05) is 6.08 Å². The normalized spacial score (nSPS) is 9.54. The zero-order chi connectivity index (χ0) is 9.84. The second-order valence-electron chi connectivity index (χ2n) is 2.63. The van der Waals surface area contributed by atoms with Gasteiger partial charge in [-0.2, -0.15) is 0 Å². The Balaban J connectivity index is 3.10. The van der Waals surface area contributed by atoms with Crippen LogP contribution in [0.1, 0.15) is 15.9 Å². The van der Waals surface area contributed by atoms with Crippen LogP contribution in [0.4, 0.5) is 5.82 Å². The van der Waals surface area contributed by atoms with Gasteiger partial charge in [0.1, 0.15) is 5.82 Å². The van der Waals surface area contributed by atoms with E-state index >= 15 is 0 Å². The van der Waals surface area contributed by atoms with Crippen molar-refractivity contribution in [1.82, 2.24) is 4.98 Å². The molecule has 0 bridgehead atoms. The summed E-state index contributed by atoms with van der Waals surface area (Å²) in [4.78, 5) is 14.7. The summed E-state index contributed by atoms with van der Waals surface area (Å²) in [5, 5.41) is 0. The van der Waals surface area contributed by atoms with E-state index in [4.69, 9.17) is 11.5 Å². The molecule has 0 fully saturated rings. The number of nitrogens with zero attached hydrogens (tertiary/aromatic N) is 1. The van der Waals surface area contributed by atoms with Crippen LogP contribution in [-0.2, 0) is 6.42 Å². The number of aromatic nitrogens is 1. The van der Waals surface area contributed by atoms with E-state index in [2.05, 4.69) is 11.6 Å². The summed E-state index contributed by atoms with van der Waals surface area (Å²) in [6.45, 7) is 3.58. The zero-order valence-electron chi connectivity index (χ0n) is 7.16. The monoisotopic (exact) mass is 177 g/mol. The van der Waals surface area contributed by atoms with Gasteiger partial charge in [0.2, 0.25) is 0 Å². The van der Waals surface area contributed by atoms with Gasteiger partial charge in [0, 0.05) is 6.20 Å². The van der Waals surface area contributed by atoms with Gasteiger partial charge in [0.25, 0.3) is 5.91 Å². The third kappa shape index (κ3) is 2.05. The van der Waals surface area contributed by atoms with Gasteiger partial charge >= 0.3 is 0 Å². The first-order valence-electron chi connectivity index (χ1n) is 3.80. The van der Waals surface area contributed by atoms with Crippen LogP contribution in [0.5, 0.6) is 0 Å². The molecule has 0 saturated heterocycles. The van der Waals surface area contributed by atoms with Crippen molar-refractivity contribution >= 4 is 11.7 Å². The van der Waals surface area contributed by atoms with Crippen LogP contribution >= 0.6 is 0 Å². The van der Waals surface area contributed by atoms with E-state index in [-0.39, 0.29) is 11.4 Å². The topological polar surface area (TPSA) is 82.0 Å². The summed E-state index contributed by atoms with van der Waals surface area (Å²) in [7, 11) is 0. The average Bonchev–Trinajstić information content (AvgIpc) is 2.08. The molecule has 1 heterocycles. The molecule has 0 atom stereocenters. The maximum atomic E-state index is 10.9. The maximum absolute atomic E-state index is 10.9. The van der Waals surface area contributed by atoms with Crippen LogP contribution in [0.25, 0.3) is 0 Å². The lowest BCUT2D eigenvalue weighted by Gasteiger charge is -2.02. The molecule has 1 aromatic heterocycles. The molecule has 68 valence electrons. The summed E-state index contributed by atoms with van der Waals surface area (Å²) < 4.78 is 0. The van der Waals surface area contributed by atoms with Gasteiger partial charge in [-0.25, -0.2) is 4.98 Å². The Hall–Kier alpha value is -1.84. The van der Waals surface area contributed by atoms with E-state index in [1.807, 2.05) is 0 Å². The van der Waals surface area contributed by atoms with E-state index in [0.29, 0.717) is 6.42 Å². The predicted molar refractivity (Wildman–Crippen MR) is 51.1 cm³/mol. The molecule has 0 aromatic carbocycles. The Morgan fingerprint density at radius 3 is 2.92 bits per heavy atom. The van der Waals surface area contributed by atoms with Gasteiger partial charge in [0.05, 0.1) is 5.56 Å². The molecule has 0 unspecified atom stereocenters. The fourth-order valence-corrected chi connectivity index (χ4v) is 0.994. The lowest BCUT2D eigenvalue weighted by molar-refractivity contribution is 0.100. The van der Waals surface area contributed by atoms with Gasteiger partial charge in [0.15, 0.2) is 0 Å².